The van der Waals surface area contributed by atoms with E-state index in [4.69, 9.17) is 0 Å². The minimum absolute atomic E-state index is 0.158. The van der Waals surface area contributed by atoms with Crippen LogP contribution < -0.4 is 16.0 Å². The number of imidazole rings is 1. The molecule has 0 aliphatic heterocycles. The molecule has 250 valence electrons. The van der Waals surface area contributed by atoms with Crippen molar-refractivity contribution in [1.82, 2.24) is 30.8 Å². The number of H-pyrrole nitrogens is 1. The lowest BCUT2D eigenvalue weighted by atomic mass is 9.82. The van der Waals surface area contributed by atoms with Gasteiger partial charge in [-0.25, -0.2) is 9.78 Å². The summed E-state index contributed by atoms with van der Waals surface area (Å²) < 4.78 is 0. The van der Waals surface area contributed by atoms with Gasteiger partial charge in [-0.2, -0.15) is 0 Å². The van der Waals surface area contributed by atoms with Gasteiger partial charge in [0, 0.05) is 37.8 Å². The molecule has 0 radical (unpaired) electrons. The molecule has 4 atom stereocenters. The molecule has 1 saturated carbocycles. The second-order valence-corrected chi connectivity index (χ2v) is 13.3. The SMILES string of the molecule is CCN(CC)C(=O)N[C@@H](Cc1ccccc1)C(=O)N[C@@](C)(Cc1cnc[nH]1)C(=O)N[C@@H](CC1CCCCC1)[C@@H](O)CCC(C)C. The van der Waals surface area contributed by atoms with Crippen LogP contribution in [-0.4, -0.2) is 74.6 Å². The van der Waals surface area contributed by atoms with Gasteiger partial charge in [0.15, 0.2) is 0 Å². The average molecular weight is 625 g/mol. The van der Waals surface area contributed by atoms with Crippen molar-refractivity contribution in [3.8, 4) is 0 Å². The molecular formula is C35H56N6O4. The predicted molar refractivity (Wildman–Crippen MR) is 177 cm³/mol. The summed E-state index contributed by atoms with van der Waals surface area (Å²) in [4.78, 5) is 50.2. The Bertz CT molecular complexity index is 1160. The maximum absolute atomic E-state index is 14.3. The van der Waals surface area contributed by atoms with E-state index in [9.17, 15) is 19.5 Å². The third-order valence-corrected chi connectivity index (χ3v) is 9.08. The van der Waals surface area contributed by atoms with Gasteiger partial charge in [0.2, 0.25) is 11.8 Å². The van der Waals surface area contributed by atoms with E-state index in [1.54, 1.807) is 24.3 Å². The van der Waals surface area contributed by atoms with Crippen LogP contribution >= 0.6 is 0 Å². The average Bonchev–Trinajstić information content (AvgIpc) is 3.53. The van der Waals surface area contributed by atoms with Crippen molar-refractivity contribution in [3.63, 3.8) is 0 Å². The Labute approximate surface area is 269 Å². The molecule has 10 heteroatoms. The van der Waals surface area contributed by atoms with Crippen molar-refractivity contribution in [3.05, 3.63) is 54.1 Å². The Hall–Kier alpha value is -3.40. The second-order valence-electron chi connectivity index (χ2n) is 13.3. The maximum atomic E-state index is 14.3. The summed E-state index contributed by atoms with van der Waals surface area (Å²) >= 11 is 0. The van der Waals surface area contributed by atoms with Gasteiger partial charge in [-0.1, -0.05) is 76.3 Å². The van der Waals surface area contributed by atoms with E-state index < -0.39 is 29.6 Å². The number of benzene rings is 1. The first kappa shape index (κ1) is 36.1. The number of rotatable bonds is 17. The van der Waals surface area contributed by atoms with Crippen molar-refractivity contribution < 1.29 is 19.5 Å². The number of aliphatic hydroxyl groups is 1. The number of nitrogens with zero attached hydrogens (tertiary/aromatic N) is 2. The molecule has 5 N–H and O–H groups in total. The predicted octanol–water partition coefficient (Wildman–Crippen LogP) is 4.74. The molecule has 0 bridgehead atoms. The van der Waals surface area contributed by atoms with Crippen LogP contribution in [0.1, 0.15) is 97.2 Å². The second kappa shape index (κ2) is 17.9. The summed E-state index contributed by atoms with van der Waals surface area (Å²) in [6.45, 7) is 10.7. The molecule has 45 heavy (non-hydrogen) atoms. The molecule has 1 aromatic carbocycles. The van der Waals surface area contributed by atoms with E-state index in [-0.39, 0.29) is 24.8 Å². The summed E-state index contributed by atoms with van der Waals surface area (Å²) in [5, 5.41) is 20.4. The number of aliphatic hydroxyl groups excluding tert-OH is 1. The van der Waals surface area contributed by atoms with E-state index in [2.05, 4.69) is 39.8 Å². The third-order valence-electron chi connectivity index (χ3n) is 9.08. The Morgan fingerprint density at radius 3 is 2.33 bits per heavy atom. The number of carbonyl (C=O) groups excluding carboxylic acids is 3. The molecular weight excluding hydrogens is 568 g/mol. The Kier molecular flexibility index (Phi) is 14.4. The summed E-state index contributed by atoms with van der Waals surface area (Å²) in [6, 6.07) is 7.83. The van der Waals surface area contributed by atoms with Gasteiger partial charge in [-0.15, -0.1) is 0 Å². The van der Waals surface area contributed by atoms with E-state index in [1.807, 2.05) is 44.2 Å². The van der Waals surface area contributed by atoms with Crippen molar-refractivity contribution >= 4 is 17.8 Å². The van der Waals surface area contributed by atoms with Crippen LogP contribution in [0.3, 0.4) is 0 Å². The normalized spacial score (nSPS) is 17.1. The molecule has 1 aliphatic rings. The van der Waals surface area contributed by atoms with Crippen LogP contribution in [0, 0.1) is 11.8 Å². The molecule has 10 nitrogen and oxygen atoms in total. The van der Waals surface area contributed by atoms with Gasteiger partial charge < -0.3 is 30.9 Å². The maximum Gasteiger partial charge on any atom is 0.318 e. The fourth-order valence-corrected chi connectivity index (χ4v) is 6.24. The minimum Gasteiger partial charge on any atom is -0.391 e. The Morgan fingerprint density at radius 1 is 1.04 bits per heavy atom. The number of hydrogen-bond donors (Lipinski definition) is 5. The van der Waals surface area contributed by atoms with Gasteiger partial charge in [0.25, 0.3) is 0 Å². The quantitative estimate of drug-likeness (QED) is 0.173. The lowest BCUT2D eigenvalue weighted by Crippen LogP contribution is -2.64. The lowest BCUT2D eigenvalue weighted by molar-refractivity contribution is -0.135. The fourth-order valence-electron chi connectivity index (χ4n) is 6.24. The van der Waals surface area contributed by atoms with Crippen LogP contribution in [0.15, 0.2) is 42.9 Å². The molecule has 0 unspecified atom stereocenters. The van der Waals surface area contributed by atoms with Gasteiger partial charge in [0.1, 0.15) is 11.6 Å². The molecule has 0 saturated heterocycles. The van der Waals surface area contributed by atoms with Crippen LogP contribution in [0.25, 0.3) is 0 Å². The van der Waals surface area contributed by atoms with E-state index in [0.717, 1.165) is 24.8 Å². The highest BCUT2D eigenvalue weighted by molar-refractivity contribution is 5.94. The molecule has 2 aromatic rings. The van der Waals surface area contributed by atoms with E-state index in [0.29, 0.717) is 43.5 Å². The minimum atomic E-state index is -1.39. The van der Waals surface area contributed by atoms with Crippen molar-refractivity contribution in [2.45, 2.75) is 123 Å². The number of aromatic amines is 1. The van der Waals surface area contributed by atoms with Crippen LogP contribution in [0.4, 0.5) is 4.79 Å². The Balaban J connectivity index is 1.87. The van der Waals surface area contributed by atoms with Gasteiger partial charge in [-0.3, -0.25) is 9.59 Å². The molecule has 0 spiro atoms. The zero-order valence-electron chi connectivity index (χ0n) is 28.0. The standard InChI is InChI=1S/C35H56N6O4/c1-6-41(7-2)34(45)39-30(21-27-16-12-9-13-17-27)32(43)40-35(5,22-28-23-36-24-37-28)33(44)38-29(31(42)19-18-25(3)4)20-26-14-10-8-11-15-26/h9,12-13,16-17,23-26,29-31,42H,6-8,10-11,14-15,18-22H2,1-5H3,(H,36,37)(H,38,44)(H,39,45)(H,40,43)/t29-,30-,31-,35-/m0/s1. The number of urea groups is 1. The fraction of sp³-hybridized carbons (Fsp3) is 0.657. The number of aromatic nitrogens is 2. The largest absolute Gasteiger partial charge is 0.391 e. The number of amides is 4. The molecule has 1 aromatic heterocycles. The number of carbonyl (C=O) groups is 3. The molecule has 1 fully saturated rings. The summed E-state index contributed by atoms with van der Waals surface area (Å²) in [5.74, 6) is 0.0459. The number of nitrogens with one attached hydrogen (secondary N) is 4. The van der Waals surface area contributed by atoms with Gasteiger partial charge in [-0.05, 0) is 57.4 Å². The first-order valence-corrected chi connectivity index (χ1v) is 16.9. The van der Waals surface area contributed by atoms with Gasteiger partial charge >= 0.3 is 6.03 Å². The first-order valence-electron chi connectivity index (χ1n) is 16.9. The van der Waals surface area contributed by atoms with Crippen LogP contribution in [0.2, 0.25) is 0 Å². The molecule has 1 heterocycles. The highest BCUT2D eigenvalue weighted by Crippen LogP contribution is 2.29. The lowest BCUT2D eigenvalue weighted by Gasteiger charge is -2.36. The third kappa shape index (κ3) is 11.5. The highest BCUT2D eigenvalue weighted by atomic mass is 16.3. The molecule has 4 amide bonds. The summed E-state index contributed by atoms with van der Waals surface area (Å²) in [5.41, 5.74) is 0.183. The van der Waals surface area contributed by atoms with E-state index >= 15 is 0 Å². The van der Waals surface area contributed by atoms with Crippen LogP contribution in [0.5, 0.6) is 0 Å². The first-order chi connectivity index (χ1) is 21.5. The zero-order valence-corrected chi connectivity index (χ0v) is 28.0. The summed E-state index contributed by atoms with van der Waals surface area (Å²) in [7, 11) is 0. The Morgan fingerprint density at radius 2 is 1.73 bits per heavy atom. The van der Waals surface area contributed by atoms with Crippen molar-refractivity contribution in [1.29, 1.82) is 0 Å². The van der Waals surface area contributed by atoms with Crippen LogP contribution in [-0.2, 0) is 22.4 Å². The zero-order chi connectivity index (χ0) is 32.8. The highest BCUT2D eigenvalue weighted by Gasteiger charge is 2.40. The topological polar surface area (TPSA) is 139 Å². The molecule has 3 rings (SSSR count). The molecule has 1 aliphatic carbocycles. The smallest absolute Gasteiger partial charge is 0.318 e. The summed E-state index contributed by atoms with van der Waals surface area (Å²) in [6.07, 6.45) is 10.8. The number of hydrogen-bond acceptors (Lipinski definition) is 5. The van der Waals surface area contributed by atoms with Gasteiger partial charge in [0.05, 0.1) is 18.5 Å². The monoisotopic (exact) mass is 624 g/mol. The van der Waals surface area contributed by atoms with E-state index in [1.165, 1.54) is 19.3 Å². The van der Waals surface area contributed by atoms with Crippen molar-refractivity contribution in [2.75, 3.05) is 13.1 Å². The van der Waals surface area contributed by atoms with Crippen molar-refractivity contribution in [2.24, 2.45) is 11.8 Å².